The summed E-state index contributed by atoms with van der Waals surface area (Å²) in [7, 11) is -4.10. The lowest BCUT2D eigenvalue weighted by Crippen LogP contribution is -2.38. The number of fused-ring (bicyclic) bond motifs is 1. The van der Waals surface area contributed by atoms with E-state index in [-0.39, 0.29) is 33.7 Å². The highest BCUT2D eigenvalue weighted by atomic mass is 32.2. The van der Waals surface area contributed by atoms with E-state index in [1.165, 1.54) is 24.3 Å². The Hall–Kier alpha value is -3.24. The summed E-state index contributed by atoms with van der Waals surface area (Å²) >= 11 is 0. The number of sulfonamides is 1. The van der Waals surface area contributed by atoms with Gasteiger partial charge in [0.25, 0.3) is 21.8 Å². The van der Waals surface area contributed by atoms with Gasteiger partial charge in [-0.1, -0.05) is 24.3 Å². The molecule has 0 aliphatic carbocycles. The number of hydrogen-bond donors (Lipinski definition) is 2. The minimum atomic E-state index is -4.10. The molecular weight excluding hydrogens is 422 g/mol. The Balaban J connectivity index is 1.45. The fourth-order valence-electron chi connectivity index (χ4n) is 3.60. The number of amides is 3. The van der Waals surface area contributed by atoms with Crippen molar-refractivity contribution in [2.45, 2.75) is 23.8 Å². The summed E-state index contributed by atoms with van der Waals surface area (Å²) in [5, 5.41) is 5.33. The Morgan fingerprint density at radius 2 is 1.84 bits per heavy atom. The van der Waals surface area contributed by atoms with E-state index in [0.29, 0.717) is 17.5 Å². The van der Waals surface area contributed by atoms with Crippen molar-refractivity contribution in [3.8, 4) is 0 Å². The van der Waals surface area contributed by atoms with Crippen LogP contribution in [0, 0.1) is 0 Å². The van der Waals surface area contributed by atoms with E-state index in [2.05, 4.69) is 10.6 Å². The lowest BCUT2D eigenvalue weighted by molar-refractivity contribution is -0.116. The molecule has 1 atom stereocenters. The predicted molar refractivity (Wildman–Crippen MR) is 111 cm³/mol. The molecule has 1 saturated heterocycles. The second-order valence-corrected chi connectivity index (χ2v) is 9.08. The number of carbonyl (C=O) groups is 3. The van der Waals surface area contributed by atoms with Crippen LogP contribution in [-0.2, 0) is 19.6 Å². The molecule has 31 heavy (non-hydrogen) atoms. The smallest absolute Gasteiger partial charge is 0.269 e. The maximum Gasteiger partial charge on any atom is 0.269 e. The van der Waals surface area contributed by atoms with E-state index in [4.69, 9.17) is 4.74 Å². The molecule has 9 nitrogen and oxygen atoms in total. The molecule has 0 saturated carbocycles. The van der Waals surface area contributed by atoms with Crippen LogP contribution in [0.3, 0.4) is 0 Å². The average molecular weight is 443 g/mol. The van der Waals surface area contributed by atoms with Crippen LogP contribution in [0.5, 0.6) is 0 Å². The van der Waals surface area contributed by atoms with Gasteiger partial charge in [-0.05, 0) is 37.1 Å². The molecule has 2 aliphatic heterocycles. The Bertz CT molecular complexity index is 1140. The Morgan fingerprint density at radius 3 is 2.58 bits per heavy atom. The summed E-state index contributed by atoms with van der Waals surface area (Å²) in [4.78, 5) is 37.5. The molecule has 162 valence electrons. The predicted octanol–water partition coefficient (Wildman–Crippen LogP) is 1.38. The van der Waals surface area contributed by atoms with Crippen molar-refractivity contribution in [3.63, 3.8) is 0 Å². The van der Waals surface area contributed by atoms with E-state index in [9.17, 15) is 22.8 Å². The normalized spacial score (nSPS) is 19.2. The zero-order chi connectivity index (χ0) is 22.0. The molecule has 2 aliphatic rings. The SMILES string of the molecule is O=C(CN1C(=O)c2ccccc2S1(=O)=O)Nc1ccccc1C(=O)NC[C@@H]1CCCO1. The minimum Gasteiger partial charge on any atom is -0.376 e. The Kier molecular flexibility index (Phi) is 5.75. The van der Waals surface area contributed by atoms with Gasteiger partial charge in [0.15, 0.2) is 0 Å². The number of nitrogens with one attached hydrogen (secondary N) is 2. The van der Waals surface area contributed by atoms with Crippen LogP contribution in [0.15, 0.2) is 53.4 Å². The first-order valence-corrected chi connectivity index (χ1v) is 11.3. The highest BCUT2D eigenvalue weighted by molar-refractivity contribution is 7.90. The number of anilines is 1. The highest BCUT2D eigenvalue weighted by Gasteiger charge is 2.41. The van der Waals surface area contributed by atoms with Gasteiger partial charge in [0.2, 0.25) is 5.91 Å². The largest absolute Gasteiger partial charge is 0.376 e. The third-order valence-electron chi connectivity index (χ3n) is 5.16. The lowest BCUT2D eigenvalue weighted by Gasteiger charge is -2.16. The van der Waals surface area contributed by atoms with E-state index >= 15 is 0 Å². The van der Waals surface area contributed by atoms with E-state index in [1.54, 1.807) is 24.3 Å². The molecule has 0 aromatic heterocycles. The average Bonchev–Trinajstić information content (AvgIpc) is 3.35. The van der Waals surface area contributed by atoms with Crippen LogP contribution in [-0.4, -0.2) is 56.2 Å². The van der Waals surface area contributed by atoms with Crippen LogP contribution < -0.4 is 10.6 Å². The van der Waals surface area contributed by atoms with Gasteiger partial charge in [-0.25, -0.2) is 12.7 Å². The first-order chi connectivity index (χ1) is 14.9. The first kappa shape index (κ1) is 21.0. The van der Waals surface area contributed by atoms with Gasteiger partial charge in [0.05, 0.1) is 22.9 Å². The third-order valence-corrected chi connectivity index (χ3v) is 6.95. The molecule has 2 aromatic carbocycles. The van der Waals surface area contributed by atoms with Crippen molar-refractivity contribution < 1.29 is 27.5 Å². The number of rotatable bonds is 6. The fourth-order valence-corrected chi connectivity index (χ4v) is 5.13. The first-order valence-electron chi connectivity index (χ1n) is 9.82. The number of para-hydroxylation sites is 1. The van der Waals surface area contributed by atoms with Crippen LogP contribution in [0.1, 0.15) is 33.6 Å². The topological polar surface area (TPSA) is 122 Å². The van der Waals surface area contributed by atoms with E-state index in [0.717, 1.165) is 12.8 Å². The number of ether oxygens (including phenoxy) is 1. The second kappa shape index (κ2) is 8.48. The molecule has 0 unspecified atom stereocenters. The van der Waals surface area contributed by atoms with Crippen molar-refractivity contribution >= 4 is 33.4 Å². The molecule has 1 fully saturated rings. The molecular formula is C21H21N3O6S. The summed E-state index contributed by atoms with van der Waals surface area (Å²) in [5.41, 5.74) is 0.482. The minimum absolute atomic E-state index is 0.0290. The van der Waals surface area contributed by atoms with Crippen molar-refractivity contribution in [2.24, 2.45) is 0 Å². The zero-order valence-corrected chi connectivity index (χ0v) is 17.4. The number of carbonyl (C=O) groups excluding carboxylic acids is 3. The van der Waals surface area contributed by atoms with E-state index in [1.807, 2.05) is 0 Å². The number of nitrogens with zero attached hydrogens (tertiary/aromatic N) is 1. The van der Waals surface area contributed by atoms with Crippen molar-refractivity contribution in [1.29, 1.82) is 0 Å². The molecule has 0 spiro atoms. The number of hydrogen-bond acceptors (Lipinski definition) is 6. The molecule has 2 N–H and O–H groups in total. The van der Waals surface area contributed by atoms with Gasteiger partial charge in [-0.15, -0.1) is 0 Å². The summed E-state index contributed by atoms with van der Waals surface area (Å²) in [6.45, 7) is 0.344. The molecule has 0 bridgehead atoms. The summed E-state index contributed by atoms with van der Waals surface area (Å²) < 4.78 is 31.3. The molecule has 0 radical (unpaired) electrons. The van der Waals surface area contributed by atoms with Gasteiger partial charge in [-0.3, -0.25) is 14.4 Å². The van der Waals surface area contributed by atoms with Crippen LogP contribution in [0.4, 0.5) is 5.69 Å². The molecule has 2 aromatic rings. The summed E-state index contributed by atoms with van der Waals surface area (Å²) in [6, 6.07) is 12.2. The number of benzene rings is 2. The van der Waals surface area contributed by atoms with Crippen molar-refractivity contribution in [1.82, 2.24) is 9.62 Å². The zero-order valence-electron chi connectivity index (χ0n) is 16.5. The Morgan fingerprint density at radius 1 is 1.10 bits per heavy atom. The van der Waals surface area contributed by atoms with Gasteiger partial charge in [0.1, 0.15) is 11.4 Å². The Labute approximate surface area is 179 Å². The maximum absolute atomic E-state index is 12.6. The van der Waals surface area contributed by atoms with Gasteiger partial charge < -0.3 is 15.4 Å². The van der Waals surface area contributed by atoms with Crippen LogP contribution >= 0.6 is 0 Å². The molecule has 3 amide bonds. The van der Waals surface area contributed by atoms with E-state index < -0.39 is 28.4 Å². The standard InChI is InChI=1S/C21H21N3O6S/c25-19(13-24-21(27)16-8-2-4-10-18(16)31(24,28)29)23-17-9-3-1-7-15(17)20(26)22-12-14-6-5-11-30-14/h1-4,7-10,14H,5-6,11-13H2,(H,22,26)(H,23,25)/t14-/m0/s1. The van der Waals surface area contributed by atoms with Gasteiger partial charge in [0, 0.05) is 13.2 Å². The van der Waals surface area contributed by atoms with Gasteiger partial charge >= 0.3 is 0 Å². The molecule has 2 heterocycles. The van der Waals surface area contributed by atoms with Crippen LogP contribution in [0.25, 0.3) is 0 Å². The third kappa shape index (κ3) is 4.17. The molecule has 10 heteroatoms. The quantitative estimate of drug-likeness (QED) is 0.696. The maximum atomic E-state index is 12.6. The van der Waals surface area contributed by atoms with Gasteiger partial charge in [-0.2, -0.15) is 0 Å². The lowest BCUT2D eigenvalue weighted by atomic mass is 10.1. The van der Waals surface area contributed by atoms with Crippen LogP contribution in [0.2, 0.25) is 0 Å². The molecule has 4 rings (SSSR count). The summed E-state index contributed by atoms with van der Waals surface area (Å²) in [6.07, 6.45) is 1.80. The van der Waals surface area contributed by atoms with Crippen molar-refractivity contribution in [3.05, 3.63) is 59.7 Å². The summed E-state index contributed by atoms with van der Waals surface area (Å²) in [5.74, 6) is -1.87. The highest BCUT2D eigenvalue weighted by Crippen LogP contribution is 2.29. The fraction of sp³-hybridized carbons (Fsp3) is 0.286. The second-order valence-electron chi connectivity index (χ2n) is 7.25. The monoisotopic (exact) mass is 443 g/mol. The van der Waals surface area contributed by atoms with Crippen molar-refractivity contribution in [2.75, 3.05) is 25.0 Å².